The van der Waals surface area contributed by atoms with Crippen LogP contribution in [0.1, 0.15) is 64.1 Å². The number of hydrogen-bond acceptors (Lipinski definition) is 2. The van der Waals surface area contributed by atoms with Gasteiger partial charge in [0.05, 0.1) is 0 Å². The molecule has 0 aromatic heterocycles. The Morgan fingerprint density at radius 1 is 1.05 bits per heavy atom. The first-order valence-corrected chi connectivity index (χ1v) is 9.42. The molecule has 3 rings (SSSR count). The van der Waals surface area contributed by atoms with E-state index in [1.165, 1.54) is 41.9 Å². The Bertz CT molecular complexity index is 490. The molecule has 1 aliphatic carbocycles. The second kappa shape index (κ2) is 5.62. The third kappa shape index (κ3) is 3.65. The van der Waals surface area contributed by atoms with Crippen molar-refractivity contribution in [1.82, 2.24) is 5.32 Å². The first kappa shape index (κ1) is 15.4. The highest BCUT2D eigenvalue weighted by Gasteiger charge is 2.39. The van der Waals surface area contributed by atoms with E-state index in [1.807, 2.05) is 0 Å². The molecule has 0 bridgehead atoms. The summed E-state index contributed by atoms with van der Waals surface area (Å²) in [6.07, 6.45) is 3.95. The van der Waals surface area contributed by atoms with Gasteiger partial charge in [-0.1, -0.05) is 52.0 Å². The number of benzene rings is 1. The molecule has 1 aromatic rings. The summed E-state index contributed by atoms with van der Waals surface area (Å²) < 4.78 is 0. The molecule has 1 atom stereocenters. The van der Waals surface area contributed by atoms with E-state index in [9.17, 15) is 0 Å². The Kier molecular flexibility index (Phi) is 4.13. The van der Waals surface area contributed by atoms with Crippen molar-refractivity contribution in [3.8, 4) is 0 Å². The minimum atomic E-state index is 0.459. The summed E-state index contributed by atoms with van der Waals surface area (Å²) in [6, 6.07) is 10.2. The molecule has 0 amide bonds. The second-order valence-electron chi connectivity index (χ2n) is 8.54. The predicted molar refractivity (Wildman–Crippen MR) is 93.7 cm³/mol. The predicted octanol–water partition coefficient (Wildman–Crippen LogP) is 5.17. The maximum Gasteiger partial charge on any atom is 0.0417 e. The smallest absolute Gasteiger partial charge is 0.0417 e. The van der Waals surface area contributed by atoms with Crippen LogP contribution in [0, 0.1) is 10.8 Å². The van der Waals surface area contributed by atoms with E-state index in [4.69, 9.17) is 0 Å². The first-order valence-electron chi connectivity index (χ1n) is 8.26. The van der Waals surface area contributed by atoms with Gasteiger partial charge in [0.15, 0.2) is 0 Å². The molecule has 1 fully saturated rings. The van der Waals surface area contributed by atoms with Gasteiger partial charge in [0.2, 0.25) is 0 Å². The maximum absolute atomic E-state index is 4.00. The molecule has 0 saturated heterocycles. The van der Waals surface area contributed by atoms with Gasteiger partial charge in [0.1, 0.15) is 0 Å². The van der Waals surface area contributed by atoms with Gasteiger partial charge in [-0.25, -0.2) is 0 Å². The molecule has 116 valence electrons. The second-order valence-corrected chi connectivity index (χ2v) is 9.57. The molecule has 0 spiro atoms. The third-order valence-electron chi connectivity index (χ3n) is 4.96. The van der Waals surface area contributed by atoms with Crippen LogP contribution in [-0.4, -0.2) is 11.8 Å². The van der Waals surface area contributed by atoms with Crippen LogP contribution in [-0.2, 0) is 5.75 Å². The van der Waals surface area contributed by atoms with Crippen LogP contribution in [0.25, 0.3) is 0 Å². The van der Waals surface area contributed by atoms with Crippen molar-refractivity contribution in [3.05, 3.63) is 35.4 Å². The summed E-state index contributed by atoms with van der Waals surface area (Å²) in [6.45, 7) is 9.75. The van der Waals surface area contributed by atoms with Crippen molar-refractivity contribution in [2.45, 2.75) is 64.8 Å². The average Bonchev–Trinajstić information content (AvgIpc) is 2.35. The van der Waals surface area contributed by atoms with Crippen LogP contribution in [0.5, 0.6) is 0 Å². The zero-order valence-electron chi connectivity index (χ0n) is 13.9. The zero-order chi connectivity index (χ0) is 15.1. The first-order chi connectivity index (χ1) is 9.85. The van der Waals surface area contributed by atoms with Crippen molar-refractivity contribution in [2.24, 2.45) is 10.8 Å². The number of hydrogen-bond donors (Lipinski definition) is 1. The summed E-state index contributed by atoms with van der Waals surface area (Å²) in [7, 11) is 0. The molecule has 21 heavy (non-hydrogen) atoms. The molecule has 1 heterocycles. The van der Waals surface area contributed by atoms with Crippen LogP contribution in [0.4, 0.5) is 0 Å². The van der Waals surface area contributed by atoms with E-state index in [0.29, 0.717) is 22.9 Å². The summed E-state index contributed by atoms with van der Waals surface area (Å²) in [4.78, 5) is 0. The van der Waals surface area contributed by atoms with E-state index in [2.05, 4.69) is 69.0 Å². The molecular formula is C19H29NS. The van der Waals surface area contributed by atoms with Gasteiger partial charge in [0.25, 0.3) is 0 Å². The Morgan fingerprint density at radius 3 is 2.43 bits per heavy atom. The van der Waals surface area contributed by atoms with Gasteiger partial charge in [-0.2, -0.15) is 11.8 Å². The summed E-state index contributed by atoms with van der Waals surface area (Å²) in [5.41, 5.74) is 3.99. The van der Waals surface area contributed by atoms with E-state index >= 15 is 0 Å². The van der Waals surface area contributed by atoms with Crippen LogP contribution in [0.3, 0.4) is 0 Å². The van der Waals surface area contributed by atoms with Crippen molar-refractivity contribution in [2.75, 3.05) is 5.75 Å². The highest BCUT2D eigenvalue weighted by Crippen LogP contribution is 2.46. The largest absolute Gasteiger partial charge is 0.306 e. The third-order valence-corrected chi connectivity index (χ3v) is 6.05. The number of thioether (sulfide) groups is 1. The monoisotopic (exact) mass is 303 g/mol. The molecule has 2 heteroatoms. The molecule has 1 saturated carbocycles. The topological polar surface area (TPSA) is 12.0 Å². The van der Waals surface area contributed by atoms with Gasteiger partial charge >= 0.3 is 0 Å². The van der Waals surface area contributed by atoms with Crippen LogP contribution in [0.2, 0.25) is 0 Å². The van der Waals surface area contributed by atoms with Gasteiger partial charge in [-0.3, -0.25) is 0 Å². The van der Waals surface area contributed by atoms with Crippen LogP contribution >= 0.6 is 11.8 Å². The van der Waals surface area contributed by atoms with E-state index in [0.717, 1.165) is 0 Å². The molecule has 1 aromatic carbocycles. The Hall–Kier alpha value is -0.470. The fraction of sp³-hybridized carbons (Fsp3) is 0.684. The lowest BCUT2D eigenvalue weighted by atomic mass is 9.63. The zero-order valence-corrected chi connectivity index (χ0v) is 14.7. The molecule has 2 aliphatic rings. The van der Waals surface area contributed by atoms with Gasteiger partial charge < -0.3 is 5.32 Å². The SMILES string of the molecule is CC1(C)CC(NC2CSCc3ccccc32)CC(C)(C)C1. The number of nitrogens with one attached hydrogen (secondary N) is 1. The van der Waals surface area contributed by atoms with E-state index in [-0.39, 0.29) is 0 Å². The van der Waals surface area contributed by atoms with Crippen LogP contribution < -0.4 is 5.32 Å². The van der Waals surface area contributed by atoms with E-state index < -0.39 is 0 Å². The molecule has 1 nitrogen and oxygen atoms in total. The van der Waals surface area contributed by atoms with Gasteiger partial charge in [-0.05, 0) is 41.2 Å². The lowest BCUT2D eigenvalue weighted by molar-refractivity contribution is 0.0812. The fourth-order valence-corrected chi connectivity index (χ4v) is 5.88. The van der Waals surface area contributed by atoms with E-state index in [1.54, 1.807) is 0 Å². The minimum absolute atomic E-state index is 0.459. The Morgan fingerprint density at radius 2 is 1.71 bits per heavy atom. The molecule has 0 radical (unpaired) electrons. The van der Waals surface area contributed by atoms with Gasteiger partial charge in [-0.15, -0.1) is 0 Å². The summed E-state index contributed by atoms with van der Waals surface area (Å²) in [5.74, 6) is 2.39. The fourth-order valence-electron chi connectivity index (χ4n) is 4.77. The van der Waals surface area contributed by atoms with Crippen molar-refractivity contribution < 1.29 is 0 Å². The molecule has 1 aliphatic heterocycles. The summed E-state index contributed by atoms with van der Waals surface area (Å²) in [5, 5.41) is 4.00. The lowest BCUT2D eigenvalue weighted by Gasteiger charge is -2.46. The molecule has 1 N–H and O–H groups in total. The highest BCUT2D eigenvalue weighted by atomic mass is 32.2. The van der Waals surface area contributed by atoms with Gasteiger partial charge in [0, 0.05) is 23.6 Å². The quantitative estimate of drug-likeness (QED) is 0.809. The Labute approximate surface area is 134 Å². The number of rotatable bonds is 2. The highest BCUT2D eigenvalue weighted by molar-refractivity contribution is 7.98. The standard InChI is InChI=1S/C19H29NS/c1-18(2)9-15(10-19(3,4)13-18)20-17-12-21-11-14-7-5-6-8-16(14)17/h5-8,15,17,20H,9-13H2,1-4H3. The van der Waals surface area contributed by atoms with Crippen molar-refractivity contribution in [3.63, 3.8) is 0 Å². The Balaban J connectivity index is 1.75. The molecule has 1 unspecified atom stereocenters. The summed E-state index contributed by atoms with van der Waals surface area (Å²) >= 11 is 2.07. The maximum atomic E-state index is 4.00. The van der Waals surface area contributed by atoms with Crippen LogP contribution in [0.15, 0.2) is 24.3 Å². The van der Waals surface area contributed by atoms with Crippen molar-refractivity contribution >= 4 is 11.8 Å². The number of fused-ring (bicyclic) bond motifs is 1. The average molecular weight is 304 g/mol. The minimum Gasteiger partial charge on any atom is -0.306 e. The normalized spacial score (nSPS) is 28.1. The molecular weight excluding hydrogens is 274 g/mol. The van der Waals surface area contributed by atoms with Crippen molar-refractivity contribution in [1.29, 1.82) is 0 Å². The lowest BCUT2D eigenvalue weighted by Crippen LogP contribution is -2.46.